The van der Waals surface area contributed by atoms with Crippen LogP contribution in [0.5, 0.6) is 0 Å². The topological polar surface area (TPSA) is 87.3 Å². The van der Waals surface area contributed by atoms with Gasteiger partial charge in [-0.3, -0.25) is 0 Å². The van der Waals surface area contributed by atoms with E-state index in [1.54, 1.807) is 0 Å². The van der Waals surface area contributed by atoms with Gasteiger partial charge in [-0.1, -0.05) is 0 Å². The van der Waals surface area contributed by atoms with E-state index in [1.807, 2.05) is 13.0 Å². The first-order valence-electron chi connectivity index (χ1n) is 6.44. The van der Waals surface area contributed by atoms with Gasteiger partial charge in [-0.15, -0.1) is 0 Å². The standard InChI is InChI=1S/C12H21N5O/c1-9-14-11(16-13)8-12(15-9)17-6-2-4-10(17)5-3-7-18/h8,10,18H,2-7,13H2,1H3,(H,14,15,16). The Labute approximate surface area is 107 Å². The fraction of sp³-hybridized carbons (Fsp3) is 0.667. The highest BCUT2D eigenvalue weighted by Crippen LogP contribution is 2.27. The Balaban J connectivity index is 2.16. The highest BCUT2D eigenvalue weighted by atomic mass is 16.2. The summed E-state index contributed by atoms with van der Waals surface area (Å²) in [5.41, 5.74) is 2.57. The van der Waals surface area contributed by atoms with Gasteiger partial charge in [0.15, 0.2) is 0 Å². The number of rotatable bonds is 5. The normalized spacial score (nSPS) is 19.3. The van der Waals surface area contributed by atoms with Gasteiger partial charge in [0, 0.05) is 25.3 Å². The van der Waals surface area contributed by atoms with Crippen molar-refractivity contribution in [2.24, 2.45) is 5.84 Å². The van der Waals surface area contributed by atoms with Gasteiger partial charge in [0.05, 0.1) is 0 Å². The third kappa shape index (κ3) is 2.88. The number of aliphatic hydroxyl groups excluding tert-OH is 1. The number of hydrazine groups is 1. The Kier molecular flexibility index (Phi) is 4.33. The maximum Gasteiger partial charge on any atom is 0.145 e. The molecule has 0 radical (unpaired) electrons. The zero-order valence-electron chi connectivity index (χ0n) is 10.8. The molecular formula is C12H21N5O. The summed E-state index contributed by atoms with van der Waals surface area (Å²) >= 11 is 0. The third-order valence-electron chi connectivity index (χ3n) is 3.34. The van der Waals surface area contributed by atoms with E-state index in [2.05, 4.69) is 20.3 Å². The number of nitrogen functional groups attached to an aromatic ring is 1. The highest BCUT2D eigenvalue weighted by molar-refractivity contribution is 5.50. The molecule has 0 amide bonds. The van der Waals surface area contributed by atoms with Crippen molar-refractivity contribution in [2.45, 2.75) is 38.6 Å². The van der Waals surface area contributed by atoms with Crippen LogP contribution in [0, 0.1) is 6.92 Å². The van der Waals surface area contributed by atoms with Gasteiger partial charge in [-0.05, 0) is 32.6 Å². The van der Waals surface area contributed by atoms with Gasteiger partial charge in [-0.25, -0.2) is 15.8 Å². The van der Waals surface area contributed by atoms with E-state index in [0.717, 1.165) is 31.6 Å². The molecule has 1 aromatic rings. The summed E-state index contributed by atoms with van der Waals surface area (Å²) in [5.74, 6) is 7.70. The summed E-state index contributed by atoms with van der Waals surface area (Å²) in [6.07, 6.45) is 4.18. The molecule has 0 bridgehead atoms. The second-order valence-electron chi connectivity index (χ2n) is 4.66. The zero-order valence-corrected chi connectivity index (χ0v) is 10.8. The molecule has 1 atom stereocenters. The first-order valence-corrected chi connectivity index (χ1v) is 6.44. The van der Waals surface area contributed by atoms with Crippen molar-refractivity contribution < 1.29 is 5.11 Å². The maximum atomic E-state index is 8.94. The molecule has 2 rings (SSSR count). The van der Waals surface area contributed by atoms with Gasteiger partial charge in [0.1, 0.15) is 17.5 Å². The lowest BCUT2D eigenvalue weighted by Gasteiger charge is -2.26. The first-order chi connectivity index (χ1) is 8.74. The minimum absolute atomic E-state index is 0.253. The number of hydrogen-bond acceptors (Lipinski definition) is 6. The number of nitrogens with one attached hydrogen (secondary N) is 1. The fourth-order valence-corrected chi connectivity index (χ4v) is 2.54. The number of nitrogens with two attached hydrogens (primary N) is 1. The van der Waals surface area contributed by atoms with E-state index in [0.29, 0.717) is 17.7 Å². The van der Waals surface area contributed by atoms with Gasteiger partial charge < -0.3 is 15.4 Å². The molecule has 1 aliphatic rings. The molecule has 2 heterocycles. The quantitative estimate of drug-likeness (QED) is 0.530. The SMILES string of the molecule is Cc1nc(NN)cc(N2CCCC2CCCO)n1. The van der Waals surface area contributed by atoms with Gasteiger partial charge in [0.2, 0.25) is 0 Å². The van der Waals surface area contributed by atoms with Crippen molar-refractivity contribution in [2.75, 3.05) is 23.5 Å². The number of aliphatic hydroxyl groups is 1. The maximum absolute atomic E-state index is 8.94. The van der Waals surface area contributed by atoms with Crippen LogP contribution in [0.1, 0.15) is 31.5 Å². The van der Waals surface area contributed by atoms with Crippen molar-refractivity contribution in [3.05, 3.63) is 11.9 Å². The van der Waals surface area contributed by atoms with E-state index in [9.17, 15) is 0 Å². The average Bonchev–Trinajstić information content (AvgIpc) is 2.83. The Morgan fingerprint density at radius 3 is 3.11 bits per heavy atom. The Bertz CT molecular complexity index is 398. The van der Waals surface area contributed by atoms with Gasteiger partial charge >= 0.3 is 0 Å². The van der Waals surface area contributed by atoms with Gasteiger partial charge in [-0.2, -0.15) is 0 Å². The fourth-order valence-electron chi connectivity index (χ4n) is 2.54. The molecule has 1 fully saturated rings. The number of aryl methyl sites for hydroxylation is 1. The molecule has 0 aromatic carbocycles. The summed E-state index contributed by atoms with van der Waals surface area (Å²) in [6, 6.07) is 2.35. The molecule has 0 aliphatic carbocycles. The number of nitrogens with zero attached hydrogens (tertiary/aromatic N) is 3. The van der Waals surface area contributed by atoms with Crippen LogP contribution < -0.4 is 16.2 Å². The molecule has 100 valence electrons. The van der Waals surface area contributed by atoms with Crippen LogP contribution in [0.25, 0.3) is 0 Å². The van der Waals surface area contributed by atoms with Crippen LogP contribution in [0.4, 0.5) is 11.6 Å². The van der Waals surface area contributed by atoms with E-state index < -0.39 is 0 Å². The van der Waals surface area contributed by atoms with Crippen LogP contribution in [0.15, 0.2) is 6.07 Å². The minimum Gasteiger partial charge on any atom is -0.396 e. The predicted octanol–water partition coefficient (Wildman–Crippen LogP) is 0.812. The third-order valence-corrected chi connectivity index (χ3v) is 3.34. The lowest BCUT2D eigenvalue weighted by molar-refractivity contribution is 0.279. The zero-order chi connectivity index (χ0) is 13.0. The van der Waals surface area contributed by atoms with Crippen LogP contribution in [-0.4, -0.2) is 34.3 Å². The molecule has 6 heteroatoms. The number of anilines is 2. The lowest BCUT2D eigenvalue weighted by atomic mass is 10.1. The molecule has 1 aromatic heterocycles. The molecule has 1 saturated heterocycles. The first kappa shape index (κ1) is 13.0. The second kappa shape index (κ2) is 5.97. The van der Waals surface area contributed by atoms with Crippen molar-refractivity contribution in [3.8, 4) is 0 Å². The summed E-state index contributed by atoms with van der Waals surface area (Å²) in [6.45, 7) is 3.13. The van der Waals surface area contributed by atoms with Crippen LogP contribution in [0.3, 0.4) is 0 Å². The summed E-state index contributed by atoms with van der Waals surface area (Å²) in [4.78, 5) is 11.0. The molecule has 0 saturated carbocycles. The van der Waals surface area contributed by atoms with E-state index in [4.69, 9.17) is 10.9 Å². The second-order valence-corrected chi connectivity index (χ2v) is 4.66. The molecule has 18 heavy (non-hydrogen) atoms. The van der Waals surface area contributed by atoms with Crippen LogP contribution in [-0.2, 0) is 0 Å². The average molecular weight is 251 g/mol. The largest absolute Gasteiger partial charge is 0.396 e. The molecule has 0 spiro atoms. The number of hydrogen-bond donors (Lipinski definition) is 3. The van der Waals surface area contributed by atoms with Crippen molar-refractivity contribution in [1.82, 2.24) is 9.97 Å². The summed E-state index contributed by atoms with van der Waals surface area (Å²) < 4.78 is 0. The summed E-state index contributed by atoms with van der Waals surface area (Å²) in [5, 5.41) is 8.94. The van der Waals surface area contributed by atoms with Gasteiger partial charge in [0.25, 0.3) is 0 Å². The van der Waals surface area contributed by atoms with E-state index in [1.165, 1.54) is 6.42 Å². The smallest absolute Gasteiger partial charge is 0.145 e. The molecule has 6 nitrogen and oxygen atoms in total. The Morgan fingerprint density at radius 2 is 2.39 bits per heavy atom. The van der Waals surface area contributed by atoms with Crippen LogP contribution >= 0.6 is 0 Å². The highest BCUT2D eigenvalue weighted by Gasteiger charge is 2.25. The van der Waals surface area contributed by atoms with E-state index in [-0.39, 0.29) is 6.61 Å². The summed E-state index contributed by atoms with van der Waals surface area (Å²) in [7, 11) is 0. The van der Waals surface area contributed by atoms with Crippen molar-refractivity contribution in [3.63, 3.8) is 0 Å². The van der Waals surface area contributed by atoms with Crippen molar-refractivity contribution >= 4 is 11.6 Å². The lowest BCUT2D eigenvalue weighted by Crippen LogP contribution is -2.30. The molecule has 1 unspecified atom stereocenters. The Morgan fingerprint density at radius 1 is 1.56 bits per heavy atom. The molecule has 1 aliphatic heterocycles. The molecule has 4 N–H and O–H groups in total. The van der Waals surface area contributed by atoms with Crippen LogP contribution in [0.2, 0.25) is 0 Å². The number of aromatic nitrogens is 2. The monoisotopic (exact) mass is 251 g/mol. The minimum atomic E-state index is 0.253. The Hall–Kier alpha value is -1.40. The predicted molar refractivity (Wildman–Crippen MR) is 71.3 cm³/mol. The van der Waals surface area contributed by atoms with E-state index >= 15 is 0 Å². The van der Waals surface area contributed by atoms with Crippen molar-refractivity contribution in [1.29, 1.82) is 0 Å². The molecular weight excluding hydrogens is 230 g/mol.